The van der Waals surface area contributed by atoms with E-state index in [9.17, 15) is 4.79 Å². The molecule has 0 aliphatic rings. The quantitative estimate of drug-likeness (QED) is 0.730. The highest BCUT2D eigenvalue weighted by Crippen LogP contribution is 2.25. The molecular weight excluding hydrogens is 302 g/mol. The molecule has 0 aromatic heterocycles. The van der Waals surface area contributed by atoms with E-state index >= 15 is 0 Å². The second kappa shape index (κ2) is 8.21. The number of carbonyl (C=O) groups excluding carboxylic acids is 1. The van der Waals surface area contributed by atoms with Crippen LogP contribution in [0, 0.1) is 13.8 Å². The number of amides is 1. The number of aryl methyl sites for hydroxylation is 2. The van der Waals surface area contributed by atoms with Gasteiger partial charge in [0.2, 0.25) is 0 Å². The van der Waals surface area contributed by atoms with E-state index < -0.39 is 0 Å². The van der Waals surface area contributed by atoms with Crippen LogP contribution < -0.4 is 5.32 Å². The maximum atomic E-state index is 12.7. The molecule has 0 unspecified atom stereocenters. The molecule has 0 saturated carbocycles. The maximum absolute atomic E-state index is 12.7. The molecule has 2 rings (SSSR count). The molecule has 0 fully saturated rings. The largest absolute Gasteiger partial charge is 0.345 e. The van der Waals surface area contributed by atoms with E-state index in [1.165, 1.54) is 16.7 Å². The number of nitrogens with one attached hydrogen (secondary N) is 1. The third-order valence-corrected chi connectivity index (χ3v) is 4.90. The fraction of sp³-hybridized carbons (Fsp3) is 0.350. The van der Waals surface area contributed by atoms with Crippen molar-refractivity contribution in [1.82, 2.24) is 5.32 Å². The summed E-state index contributed by atoms with van der Waals surface area (Å²) in [4.78, 5) is 13.8. The van der Waals surface area contributed by atoms with Crippen molar-refractivity contribution in [2.45, 2.75) is 45.1 Å². The molecule has 2 aromatic rings. The minimum Gasteiger partial charge on any atom is -0.345 e. The van der Waals surface area contributed by atoms with Crippen LogP contribution >= 0.6 is 11.8 Å². The van der Waals surface area contributed by atoms with Crippen LogP contribution in [0.25, 0.3) is 0 Å². The van der Waals surface area contributed by atoms with Crippen LogP contribution in [0.1, 0.15) is 53.4 Å². The minimum absolute atomic E-state index is 0.00775. The molecule has 1 atom stereocenters. The Hall–Kier alpha value is -1.74. The normalized spacial score (nSPS) is 12.0. The van der Waals surface area contributed by atoms with Gasteiger partial charge in [0, 0.05) is 4.90 Å². The summed E-state index contributed by atoms with van der Waals surface area (Å²) >= 11 is 1.71. The summed E-state index contributed by atoms with van der Waals surface area (Å²) in [5, 5.41) is 3.21. The lowest BCUT2D eigenvalue weighted by Gasteiger charge is -2.20. The average Bonchev–Trinajstić information content (AvgIpc) is 2.54. The van der Waals surface area contributed by atoms with Gasteiger partial charge in [-0.3, -0.25) is 4.79 Å². The Morgan fingerprint density at radius 1 is 1.13 bits per heavy atom. The summed E-state index contributed by atoms with van der Waals surface area (Å²) in [5.74, 6) is 0.965. The van der Waals surface area contributed by atoms with Crippen LogP contribution in [0.15, 0.2) is 47.4 Å². The fourth-order valence-corrected chi connectivity index (χ4v) is 3.59. The molecule has 23 heavy (non-hydrogen) atoms. The molecule has 2 aromatic carbocycles. The lowest BCUT2D eigenvalue weighted by Crippen LogP contribution is -2.29. The molecule has 122 valence electrons. The van der Waals surface area contributed by atoms with Gasteiger partial charge in [0.15, 0.2) is 0 Å². The van der Waals surface area contributed by atoms with Crippen molar-refractivity contribution in [3.05, 3.63) is 64.7 Å². The van der Waals surface area contributed by atoms with Gasteiger partial charge in [0.1, 0.15) is 0 Å². The number of hydrogen-bond donors (Lipinski definition) is 1. The van der Waals surface area contributed by atoms with E-state index in [0.29, 0.717) is 0 Å². The summed E-state index contributed by atoms with van der Waals surface area (Å²) in [6.45, 7) is 8.41. The molecule has 0 saturated heterocycles. The summed E-state index contributed by atoms with van der Waals surface area (Å²) in [5.41, 5.74) is 4.44. The van der Waals surface area contributed by atoms with Crippen LogP contribution in [-0.4, -0.2) is 11.7 Å². The molecule has 1 amide bonds. The van der Waals surface area contributed by atoms with Crippen molar-refractivity contribution < 1.29 is 4.79 Å². The molecule has 2 nitrogen and oxygen atoms in total. The molecule has 0 radical (unpaired) electrons. The molecule has 0 aliphatic carbocycles. The van der Waals surface area contributed by atoms with E-state index in [2.05, 4.69) is 51.2 Å². The van der Waals surface area contributed by atoms with Gasteiger partial charge >= 0.3 is 0 Å². The first kappa shape index (κ1) is 17.6. The Morgan fingerprint density at radius 3 is 2.52 bits per heavy atom. The lowest BCUT2D eigenvalue weighted by atomic mass is 9.97. The second-order valence-corrected chi connectivity index (χ2v) is 7.03. The number of rotatable bonds is 6. The summed E-state index contributed by atoms with van der Waals surface area (Å²) < 4.78 is 0. The van der Waals surface area contributed by atoms with E-state index in [-0.39, 0.29) is 11.9 Å². The molecule has 3 heteroatoms. The van der Waals surface area contributed by atoms with Gasteiger partial charge in [-0.2, -0.15) is 0 Å². The van der Waals surface area contributed by atoms with E-state index in [0.717, 1.165) is 22.6 Å². The lowest BCUT2D eigenvalue weighted by molar-refractivity contribution is 0.0932. The molecule has 1 N–H and O–H groups in total. The van der Waals surface area contributed by atoms with Crippen molar-refractivity contribution in [2.24, 2.45) is 0 Å². The molecule has 0 bridgehead atoms. The standard InChI is InChI=1S/C20H25NOS/c1-5-18(16-12-11-14(3)13-15(16)4)21-20(22)17-9-7-8-10-19(17)23-6-2/h7-13,18H,5-6H2,1-4H3,(H,21,22)/t18-/m0/s1. The van der Waals surface area contributed by atoms with Crippen LogP contribution in [-0.2, 0) is 0 Å². The van der Waals surface area contributed by atoms with Crippen molar-refractivity contribution in [3.63, 3.8) is 0 Å². The van der Waals surface area contributed by atoms with Crippen LogP contribution in [0.3, 0.4) is 0 Å². The predicted molar refractivity (Wildman–Crippen MR) is 99.3 cm³/mol. The summed E-state index contributed by atoms with van der Waals surface area (Å²) in [6, 6.07) is 14.3. The Morgan fingerprint density at radius 2 is 1.87 bits per heavy atom. The SMILES string of the molecule is CCSc1ccccc1C(=O)N[C@@H](CC)c1ccc(C)cc1C. The van der Waals surface area contributed by atoms with Crippen molar-refractivity contribution in [1.29, 1.82) is 0 Å². The van der Waals surface area contributed by atoms with Gasteiger partial charge < -0.3 is 5.32 Å². The zero-order chi connectivity index (χ0) is 16.8. The van der Waals surface area contributed by atoms with Gasteiger partial charge in [0.25, 0.3) is 5.91 Å². The van der Waals surface area contributed by atoms with Crippen molar-refractivity contribution in [2.75, 3.05) is 5.75 Å². The van der Waals surface area contributed by atoms with E-state index in [1.807, 2.05) is 24.3 Å². The maximum Gasteiger partial charge on any atom is 0.252 e. The zero-order valence-electron chi connectivity index (χ0n) is 14.3. The molecule has 0 spiro atoms. The van der Waals surface area contributed by atoms with Crippen LogP contribution in [0.2, 0.25) is 0 Å². The Bertz CT molecular complexity index is 681. The third-order valence-electron chi connectivity index (χ3n) is 3.95. The molecular formula is C20H25NOS. The van der Waals surface area contributed by atoms with Crippen molar-refractivity contribution >= 4 is 17.7 Å². The van der Waals surface area contributed by atoms with E-state index in [1.54, 1.807) is 11.8 Å². The van der Waals surface area contributed by atoms with Gasteiger partial charge in [-0.25, -0.2) is 0 Å². The molecule has 0 aliphatic heterocycles. The Kier molecular flexibility index (Phi) is 6.28. The van der Waals surface area contributed by atoms with Crippen LogP contribution in [0.5, 0.6) is 0 Å². The van der Waals surface area contributed by atoms with Crippen LogP contribution in [0.4, 0.5) is 0 Å². The van der Waals surface area contributed by atoms with E-state index in [4.69, 9.17) is 0 Å². The highest BCUT2D eigenvalue weighted by atomic mass is 32.2. The third kappa shape index (κ3) is 4.38. The number of carbonyl (C=O) groups is 1. The zero-order valence-corrected chi connectivity index (χ0v) is 15.2. The number of thioether (sulfide) groups is 1. The minimum atomic E-state index is 0.00775. The number of hydrogen-bond acceptors (Lipinski definition) is 2. The highest BCUT2D eigenvalue weighted by Gasteiger charge is 2.17. The van der Waals surface area contributed by atoms with Gasteiger partial charge in [-0.15, -0.1) is 11.8 Å². The van der Waals surface area contributed by atoms with Gasteiger partial charge in [0.05, 0.1) is 11.6 Å². The second-order valence-electron chi connectivity index (χ2n) is 5.72. The van der Waals surface area contributed by atoms with Crippen molar-refractivity contribution in [3.8, 4) is 0 Å². The first-order valence-corrected chi connectivity index (χ1v) is 9.15. The first-order chi connectivity index (χ1) is 11.1. The molecule has 0 heterocycles. The highest BCUT2D eigenvalue weighted by molar-refractivity contribution is 7.99. The number of benzene rings is 2. The summed E-state index contributed by atoms with van der Waals surface area (Å²) in [6.07, 6.45) is 0.874. The Labute approximate surface area is 143 Å². The topological polar surface area (TPSA) is 29.1 Å². The fourth-order valence-electron chi connectivity index (χ4n) is 2.79. The van der Waals surface area contributed by atoms with Gasteiger partial charge in [-0.1, -0.05) is 49.7 Å². The monoisotopic (exact) mass is 327 g/mol. The van der Waals surface area contributed by atoms with Gasteiger partial charge in [-0.05, 0) is 49.3 Å². The average molecular weight is 327 g/mol. The first-order valence-electron chi connectivity index (χ1n) is 8.16. The predicted octanol–water partition coefficient (Wildman–Crippen LogP) is 5.30. The summed E-state index contributed by atoms with van der Waals surface area (Å²) in [7, 11) is 0. The smallest absolute Gasteiger partial charge is 0.252 e. The Balaban J connectivity index is 2.23.